The van der Waals surface area contributed by atoms with Crippen molar-refractivity contribution in [3.63, 3.8) is 0 Å². The number of fused-ring (bicyclic) bond motifs is 1. The maximum Gasteiger partial charge on any atom is 0.263 e. The third-order valence-electron chi connectivity index (χ3n) is 4.08. The molecular weight excluding hydrogens is 302 g/mol. The van der Waals surface area contributed by atoms with Crippen molar-refractivity contribution in [3.8, 4) is 0 Å². The molecule has 0 spiro atoms. The Kier molecular flexibility index (Phi) is 5.01. The molecule has 2 heterocycles. The molecule has 1 N–H and O–H groups in total. The monoisotopic (exact) mass is 325 g/mol. The highest BCUT2D eigenvalue weighted by Gasteiger charge is 2.13. The molecule has 4 nitrogen and oxygen atoms in total. The first-order valence-corrected chi connectivity index (χ1v) is 8.48. The van der Waals surface area contributed by atoms with E-state index in [9.17, 15) is 4.79 Å². The Morgan fingerprint density at radius 1 is 1.38 bits per heavy atom. The summed E-state index contributed by atoms with van der Waals surface area (Å²) in [6.07, 6.45) is 0.916. The second-order valence-corrected chi connectivity index (χ2v) is 7.41. The van der Waals surface area contributed by atoms with E-state index in [1.165, 1.54) is 4.88 Å². The third-order valence-corrected chi connectivity index (χ3v) is 5.53. The molecule has 0 aliphatic heterocycles. The van der Waals surface area contributed by atoms with Gasteiger partial charge in [-0.1, -0.05) is 0 Å². The Bertz CT molecular complexity index is 755. The highest BCUT2D eigenvalue weighted by Crippen LogP contribution is 2.25. The van der Waals surface area contributed by atoms with Crippen LogP contribution in [-0.2, 0) is 6.54 Å². The van der Waals surface area contributed by atoms with Crippen molar-refractivity contribution < 1.29 is 0 Å². The van der Waals surface area contributed by atoms with Crippen molar-refractivity contribution >= 4 is 33.8 Å². The Balaban J connectivity index is 2.30. The van der Waals surface area contributed by atoms with Crippen molar-refractivity contribution in [2.45, 2.75) is 46.7 Å². The minimum Gasteiger partial charge on any atom is -0.323 e. The lowest BCUT2D eigenvalue weighted by molar-refractivity contribution is 0.265. The molecule has 21 heavy (non-hydrogen) atoms. The predicted molar refractivity (Wildman–Crippen MR) is 93.1 cm³/mol. The number of rotatable bonds is 5. The molecule has 0 aliphatic carbocycles. The topological polar surface area (TPSA) is 41.0 Å². The quantitative estimate of drug-likeness (QED) is 0.856. The molecule has 0 saturated carbocycles. The fourth-order valence-electron chi connectivity index (χ4n) is 2.30. The lowest BCUT2D eigenvalue weighted by Crippen LogP contribution is -2.29. The van der Waals surface area contributed by atoms with Gasteiger partial charge in [0, 0.05) is 17.5 Å². The van der Waals surface area contributed by atoms with Gasteiger partial charge < -0.3 is 9.88 Å². The van der Waals surface area contributed by atoms with Crippen LogP contribution in [0.5, 0.6) is 0 Å². The largest absolute Gasteiger partial charge is 0.323 e. The third kappa shape index (κ3) is 3.27. The lowest BCUT2D eigenvalue weighted by atomic mass is 10.2. The normalized spacial score (nSPS) is 12.0. The SMILES string of the molecule is Cc1sc2[nH]c(=S)n(CCCN(C)C(C)C)c(=O)c2c1C. The zero-order valence-corrected chi connectivity index (χ0v) is 15.0. The number of nitrogens with zero attached hydrogens (tertiary/aromatic N) is 2. The fraction of sp³-hybridized carbons (Fsp3) is 0.600. The number of hydrogen-bond donors (Lipinski definition) is 1. The molecule has 0 aromatic carbocycles. The molecule has 0 amide bonds. The average molecular weight is 326 g/mol. The average Bonchev–Trinajstić information content (AvgIpc) is 2.68. The zero-order chi connectivity index (χ0) is 15.7. The van der Waals surface area contributed by atoms with E-state index in [1.54, 1.807) is 15.9 Å². The first kappa shape index (κ1) is 16.4. The van der Waals surface area contributed by atoms with Gasteiger partial charge >= 0.3 is 0 Å². The van der Waals surface area contributed by atoms with Crippen molar-refractivity contribution in [2.75, 3.05) is 13.6 Å². The van der Waals surface area contributed by atoms with Crippen molar-refractivity contribution in [3.05, 3.63) is 25.6 Å². The first-order valence-electron chi connectivity index (χ1n) is 7.26. The van der Waals surface area contributed by atoms with Gasteiger partial charge in [0.1, 0.15) is 4.83 Å². The van der Waals surface area contributed by atoms with Crippen LogP contribution in [-0.4, -0.2) is 34.1 Å². The van der Waals surface area contributed by atoms with E-state index in [0.717, 1.165) is 28.7 Å². The summed E-state index contributed by atoms with van der Waals surface area (Å²) in [5, 5.41) is 0.795. The fourth-order valence-corrected chi connectivity index (χ4v) is 3.70. The maximum absolute atomic E-state index is 12.7. The second-order valence-electron chi connectivity index (χ2n) is 5.80. The van der Waals surface area contributed by atoms with Crippen LogP contribution < -0.4 is 5.56 Å². The predicted octanol–water partition coefficient (Wildman–Crippen LogP) is 3.47. The molecule has 2 rings (SSSR count). The summed E-state index contributed by atoms with van der Waals surface area (Å²) in [5.74, 6) is 0. The summed E-state index contributed by atoms with van der Waals surface area (Å²) in [6, 6.07) is 0.514. The van der Waals surface area contributed by atoms with Gasteiger partial charge in [0.2, 0.25) is 0 Å². The van der Waals surface area contributed by atoms with Gasteiger partial charge in [0.25, 0.3) is 5.56 Å². The van der Waals surface area contributed by atoms with E-state index in [4.69, 9.17) is 12.2 Å². The number of aromatic nitrogens is 2. The molecule has 0 fully saturated rings. The number of hydrogen-bond acceptors (Lipinski definition) is 4. The molecule has 0 radical (unpaired) electrons. The van der Waals surface area contributed by atoms with Crippen molar-refractivity contribution in [2.24, 2.45) is 0 Å². The van der Waals surface area contributed by atoms with E-state index in [2.05, 4.69) is 30.8 Å². The van der Waals surface area contributed by atoms with Crippen LogP contribution in [0.3, 0.4) is 0 Å². The lowest BCUT2D eigenvalue weighted by Gasteiger charge is -2.20. The van der Waals surface area contributed by atoms with Crippen LogP contribution in [0.4, 0.5) is 0 Å². The highest BCUT2D eigenvalue weighted by atomic mass is 32.1. The summed E-state index contributed by atoms with van der Waals surface area (Å²) < 4.78 is 2.23. The Morgan fingerprint density at radius 3 is 2.67 bits per heavy atom. The molecule has 0 aliphatic rings. The van der Waals surface area contributed by atoms with Crippen LogP contribution in [0, 0.1) is 18.6 Å². The number of aryl methyl sites for hydroxylation is 2. The van der Waals surface area contributed by atoms with Gasteiger partial charge in [-0.25, -0.2) is 0 Å². The molecule has 116 valence electrons. The highest BCUT2D eigenvalue weighted by molar-refractivity contribution is 7.71. The Morgan fingerprint density at radius 2 is 2.05 bits per heavy atom. The van der Waals surface area contributed by atoms with E-state index in [0.29, 0.717) is 17.4 Å². The number of nitrogens with one attached hydrogen (secondary N) is 1. The molecule has 0 unspecified atom stereocenters. The Labute approximate surface area is 134 Å². The molecule has 0 saturated heterocycles. The van der Waals surface area contributed by atoms with Gasteiger partial charge in [-0.3, -0.25) is 9.36 Å². The minimum absolute atomic E-state index is 0.0443. The smallest absolute Gasteiger partial charge is 0.263 e. The summed E-state index contributed by atoms with van der Waals surface area (Å²) >= 11 is 6.96. The van der Waals surface area contributed by atoms with E-state index in [-0.39, 0.29) is 5.56 Å². The van der Waals surface area contributed by atoms with Gasteiger partial charge in [-0.15, -0.1) is 11.3 Å². The van der Waals surface area contributed by atoms with Crippen LogP contribution in [0.1, 0.15) is 30.7 Å². The van der Waals surface area contributed by atoms with E-state index >= 15 is 0 Å². The Hall–Kier alpha value is -0.980. The van der Waals surface area contributed by atoms with Gasteiger partial charge in [-0.2, -0.15) is 0 Å². The maximum atomic E-state index is 12.7. The summed E-state index contributed by atoms with van der Waals surface area (Å²) in [4.78, 5) is 20.2. The van der Waals surface area contributed by atoms with Crippen LogP contribution in [0.25, 0.3) is 10.2 Å². The molecular formula is C15H23N3OS2. The second kappa shape index (κ2) is 6.42. The summed E-state index contributed by atoms with van der Waals surface area (Å²) in [6.45, 7) is 10.00. The van der Waals surface area contributed by atoms with Crippen LogP contribution in [0.15, 0.2) is 4.79 Å². The summed E-state index contributed by atoms with van der Waals surface area (Å²) in [7, 11) is 2.10. The van der Waals surface area contributed by atoms with Gasteiger partial charge in [-0.05, 0) is 65.5 Å². The van der Waals surface area contributed by atoms with Crippen molar-refractivity contribution in [1.29, 1.82) is 0 Å². The van der Waals surface area contributed by atoms with Gasteiger partial charge in [0.05, 0.1) is 5.39 Å². The molecule has 0 atom stereocenters. The van der Waals surface area contributed by atoms with Crippen LogP contribution >= 0.6 is 23.6 Å². The van der Waals surface area contributed by atoms with E-state index < -0.39 is 0 Å². The zero-order valence-electron chi connectivity index (χ0n) is 13.3. The van der Waals surface area contributed by atoms with Crippen molar-refractivity contribution in [1.82, 2.24) is 14.5 Å². The summed E-state index contributed by atoms with van der Waals surface area (Å²) in [5.41, 5.74) is 1.11. The number of thiophene rings is 1. The molecule has 2 aromatic rings. The van der Waals surface area contributed by atoms with Gasteiger partial charge in [0.15, 0.2) is 4.77 Å². The minimum atomic E-state index is 0.0443. The van der Waals surface area contributed by atoms with Crippen LogP contribution in [0.2, 0.25) is 0 Å². The molecule has 0 bridgehead atoms. The number of H-pyrrole nitrogens is 1. The number of aromatic amines is 1. The molecule has 6 heteroatoms. The first-order chi connectivity index (χ1) is 9.82. The molecule has 2 aromatic heterocycles. The standard InChI is InChI=1S/C15H23N3OS2/c1-9(2)17(5)7-6-8-18-14(19)12-10(3)11(4)21-13(12)16-15(18)20/h9H,6-8H2,1-5H3,(H,16,20). The van der Waals surface area contributed by atoms with E-state index in [1.807, 2.05) is 13.8 Å².